The maximum absolute atomic E-state index is 14.3. The van der Waals surface area contributed by atoms with Crippen molar-refractivity contribution in [1.82, 2.24) is 10.9 Å². The van der Waals surface area contributed by atoms with Gasteiger partial charge in [0.05, 0.1) is 6.61 Å². The number of rotatable bonds is 12. The first-order valence-electron chi connectivity index (χ1n) is 13.9. The van der Waals surface area contributed by atoms with Gasteiger partial charge in [0, 0.05) is 51.6 Å². The molecule has 44 heavy (non-hydrogen) atoms. The normalized spacial score (nSPS) is 17.6. The van der Waals surface area contributed by atoms with Crippen LogP contribution >= 0.6 is 39.1 Å². The van der Waals surface area contributed by atoms with Crippen LogP contribution in [0.5, 0.6) is 5.75 Å². The molecule has 0 aromatic heterocycles. The first-order valence-corrected chi connectivity index (χ1v) is 15.4. The van der Waals surface area contributed by atoms with Crippen LogP contribution in [0.3, 0.4) is 0 Å². The third-order valence-electron chi connectivity index (χ3n) is 7.10. The molecular weight excluding hydrogens is 672 g/mol. The van der Waals surface area contributed by atoms with E-state index in [-0.39, 0.29) is 31.3 Å². The van der Waals surface area contributed by atoms with Crippen LogP contribution in [-0.4, -0.2) is 35.7 Å². The zero-order chi connectivity index (χ0) is 31.1. The predicted octanol–water partition coefficient (Wildman–Crippen LogP) is 6.98. The lowest BCUT2D eigenvalue weighted by Gasteiger charge is -2.31. The Balaban J connectivity index is 1.54. The van der Waals surface area contributed by atoms with Crippen LogP contribution in [0.1, 0.15) is 34.8 Å². The molecule has 4 aromatic rings. The number of amides is 1. The Kier molecular flexibility index (Phi) is 10.6. The molecule has 228 valence electrons. The number of halogens is 4. The maximum atomic E-state index is 14.3. The molecule has 0 unspecified atom stereocenters. The smallest absolute Gasteiger partial charge is 0.266 e. The number of hydrogen-bond donors (Lipinski definition) is 3. The number of carbonyl (C=O) groups excluding carboxylic acids is 1. The van der Waals surface area contributed by atoms with Gasteiger partial charge in [-0.1, -0.05) is 75.5 Å². The Morgan fingerprint density at radius 3 is 2.50 bits per heavy atom. The topological polar surface area (TPSA) is 92.2 Å². The molecule has 0 saturated heterocycles. The molecule has 0 saturated carbocycles. The number of aliphatic hydroxyl groups is 1. The Hall–Kier alpha value is -3.47. The van der Waals surface area contributed by atoms with E-state index in [2.05, 4.69) is 26.8 Å². The van der Waals surface area contributed by atoms with Crippen LogP contribution in [0.4, 0.5) is 4.39 Å². The Labute approximate surface area is 273 Å². The Bertz CT molecular complexity index is 1640. The molecule has 1 aliphatic rings. The number of aliphatic imine (C=N–C) groups is 1. The Morgan fingerprint density at radius 2 is 1.80 bits per heavy atom. The highest BCUT2D eigenvalue weighted by atomic mass is 79.9. The first kappa shape index (κ1) is 31.9. The van der Waals surface area contributed by atoms with Gasteiger partial charge in [0.2, 0.25) is 5.90 Å². The summed E-state index contributed by atoms with van der Waals surface area (Å²) in [5.41, 5.74) is 7.04. The van der Waals surface area contributed by atoms with Crippen molar-refractivity contribution in [2.75, 3.05) is 13.2 Å². The molecule has 1 heterocycles. The van der Waals surface area contributed by atoms with Crippen LogP contribution in [-0.2, 0) is 22.5 Å². The molecule has 0 radical (unpaired) electrons. The minimum atomic E-state index is -1.51. The van der Waals surface area contributed by atoms with Crippen molar-refractivity contribution in [1.29, 1.82) is 0 Å². The molecular formula is C33H29BrCl2FN3O4. The van der Waals surface area contributed by atoms with Gasteiger partial charge in [0.1, 0.15) is 11.6 Å². The summed E-state index contributed by atoms with van der Waals surface area (Å²) in [4.78, 5) is 19.3. The number of hydrogen-bond acceptors (Lipinski definition) is 6. The van der Waals surface area contributed by atoms with Gasteiger partial charge in [-0.25, -0.2) is 14.8 Å². The summed E-state index contributed by atoms with van der Waals surface area (Å²) in [6, 6.07) is 25.8. The molecule has 0 aliphatic carbocycles. The lowest BCUT2D eigenvalue weighted by atomic mass is 9.82. The van der Waals surface area contributed by atoms with Gasteiger partial charge >= 0.3 is 0 Å². The van der Waals surface area contributed by atoms with Crippen molar-refractivity contribution < 1.29 is 23.8 Å². The van der Waals surface area contributed by atoms with Crippen molar-refractivity contribution >= 4 is 50.9 Å². The third kappa shape index (κ3) is 7.42. The van der Waals surface area contributed by atoms with Crippen molar-refractivity contribution in [2.24, 2.45) is 4.99 Å². The highest BCUT2D eigenvalue weighted by Crippen LogP contribution is 2.45. The largest absolute Gasteiger partial charge is 0.494 e. The van der Waals surface area contributed by atoms with Gasteiger partial charge in [-0.2, -0.15) is 0 Å². The highest BCUT2D eigenvalue weighted by molar-refractivity contribution is 9.10. The fraction of sp³-hybridized carbons (Fsp3) is 0.212. The quantitative estimate of drug-likeness (QED) is 0.110. The van der Waals surface area contributed by atoms with E-state index in [4.69, 9.17) is 42.8 Å². The average molecular weight is 701 g/mol. The number of carbonyl (C=O) groups is 1. The van der Waals surface area contributed by atoms with E-state index in [1.165, 1.54) is 12.1 Å². The van der Waals surface area contributed by atoms with Gasteiger partial charge in [-0.05, 0) is 65.7 Å². The van der Waals surface area contributed by atoms with Crippen LogP contribution in [0.2, 0.25) is 10.0 Å². The molecule has 4 aromatic carbocycles. The minimum absolute atomic E-state index is 0.0395. The number of nitrogens with zero attached hydrogens (tertiary/aromatic N) is 1. The lowest BCUT2D eigenvalue weighted by Crippen LogP contribution is -2.53. The fourth-order valence-corrected chi connectivity index (χ4v) is 5.78. The van der Waals surface area contributed by atoms with Gasteiger partial charge in [0.15, 0.2) is 11.6 Å². The summed E-state index contributed by atoms with van der Waals surface area (Å²) in [5.74, 6) is 0.0805. The van der Waals surface area contributed by atoms with Crippen molar-refractivity contribution in [2.45, 2.75) is 31.0 Å². The number of nitrogens with one attached hydrogen (secondary N) is 2. The van der Waals surface area contributed by atoms with Crippen LogP contribution in [0, 0.1) is 5.82 Å². The number of hydrazine groups is 1. The summed E-state index contributed by atoms with van der Waals surface area (Å²) in [6.45, 7) is 0.668. The summed E-state index contributed by atoms with van der Waals surface area (Å²) in [5, 5.41) is 9.81. The summed E-state index contributed by atoms with van der Waals surface area (Å²) < 4.78 is 26.4. The van der Waals surface area contributed by atoms with Crippen molar-refractivity contribution in [3.8, 4) is 5.75 Å². The molecule has 0 bridgehead atoms. The molecule has 1 aliphatic heterocycles. The summed E-state index contributed by atoms with van der Waals surface area (Å²) in [6.07, 6.45) is -0.251. The van der Waals surface area contributed by atoms with E-state index in [1.807, 2.05) is 24.3 Å². The highest BCUT2D eigenvalue weighted by Gasteiger charge is 2.54. The molecule has 2 atom stereocenters. The molecule has 0 spiro atoms. The van der Waals surface area contributed by atoms with Gasteiger partial charge < -0.3 is 14.6 Å². The molecule has 3 N–H and O–H groups in total. The van der Waals surface area contributed by atoms with Crippen LogP contribution in [0.25, 0.3) is 0 Å². The van der Waals surface area contributed by atoms with Crippen molar-refractivity contribution in [3.05, 3.63) is 134 Å². The van der Waals surface area contributed by atoms with Crippen LogP contribution < -0.4 is 15.6 Å². The van der Waals surface area contributed by atoms with E-state index < -0.39 is 17.6 Å². The number of ether oxygens (including phenoxy) is 2. The molecule has 7 nitrogen and oxygen atoms in total. The average Bonchev–Trinajstić information content (AvgIpc) is 3.40. The van der Waals surface area contributed by atoms with Crippen molar-refractivity contribution in [3.63, 3.8) is 0 Å². The number of benzene rings is 4. The van der Waals surface area contributed by atoms with Crippen LogP contribution in [0.15, 0.2) is 100 Å². The molecule has 0 fully saturated rings. The summed E-state index contributed by atoms with van der Waals surface area (Å²) in [7, 11) is 0. The second kappa shape index (κ2) is 14.5. The molecule has 5 rings (SSSR count). The zero-order valence-corrected chi connectivity index (χ0v) is 26.5. The summed E-state index contributed by atoms with van der Waals surface area (Å²) >= 11 is 16.6. The first-order chi connectivity index (χ1) is 21.3. The van der Waals surface area contributed by atoms with E-state index in [0.29, 0.717) is 39.9 Å². The standard InChI is InChI=1S/C33H29BrCl2FN3O4/c34-28-5-2-1-4-23(28)19-33(32(42)40-38-20-21-6-11-25(37)12-7-21)30(27-15-10-24(35)18-29(27)36)44-31(39-33)22-8-13-26(14-9-22)43-17-3-16-41/h1-2,4-15,18,30,38,41H,3,16-17,19-20H2,(H,40,42)/t30-,33-/m0/s1. The molecule has 11 heteroatoms. The van der Waals surface area contributed by atoms with E-state index >= 15 is 0 Å². The fourth-order valence-electron chi connectivity index (χ4n) is 4.84. The monoisotopic (exact) mass is 699 g/mol. The second-order valence-electron chi connectivity index (χ2n) is 10.2. The van der Waals surface area contributed by atoms with Gasteiger partial charge in [-0.3, -0.25) is 10.2 Å². The van der Waals surface area contributed by atoms with Gasteiger partial charge in [0.25, 0.3) is 5.91 Å². The third-order valence-corrected chi connectivity index (χ3v) is 8.44. The predicted molar refractivity (Wildman–Crippen MR) is 172 cm³/mol. The van der Waals surface area contributed by atoms with E-state index in [0.717, 1.165) is 15.6 Å². The van der Waals surface area contributed by atoms with E-state index in [1.54, 1.807) is 54.6 Å². The number of aliphatic hydroxyl groups excluding tert-OH is 1. The maximum Gasteiger partial charge on any atom is 0.266 e. The van der Waals surface area contributed by atoms with E-state index in [9.17, 15) is 9.18 Å². The lowest BCUT2D eigenvalue weighted by molar-refractivity contribution is -0.130. The SMILES string of the molecule is O=C(NNCc1ccc(F)cc1)[C@@]1(Cc2ccccc2Br)N=C(c2ccc(OCCCO)cc2)O[C@H]1c1ccc(Cl)cc1Cl. The molecule has 1 amide bonds. The zero-order valence-electron chi connectivity index (χ0n) is 23.4. The Morgan fingerprint density at radius 1 is 1.05 bits per heavy atom. The minimum Gasteiger partial charge on any atom is -0.494 e. The van der Waals surface area contributed by atoms with Gasteiger partial charge in [-0.15, -0.1) is 0 Å². The second-order valence-corrected chi connectivity index (χ2v) is 11.9.